The topological polar surface area (TPSA) is 49.3 Å². The molecular weight excluding hydrogens is 313 g/mol. The van der Waals surface area contributed by atoms with Crippen LogP contribution in [0, 0.1) is 5.82 Å². The summed E-state index contributed by atoms with van der Waals surface area (Å²) < 4.78 is 13.5. The van der Waals surface area contributed by atoms with Gasteiger partial charge < -0.3 is 10.4 Å². The Hall–Kier alpha value is -1.88. The number of hydrogen-bond acceptors (Lipinski definition) is 2. The van der Waals surface area contributed by atoms with Gasteiger partial charge in [0.1, 0.15) is 5.82 Å². The Bertz CT molecular complexity index is 616. The number of carboxylic acids is 1. The number of nitrogens with one attached hydrogen (secondary N) is 1. The summed E-state index contributed by atoms with van der Waals surface area (Å²) in [5, 5.41) is 12.0. The van der Waals surface area contributed by atoms with Crippen molar-refractivity contribution >= 4 is 27.6 Å². The number of rotatable bonds is 4. The maximum absolute atomic E-state index is 13.0. The Morgan fingerprint density at radius 1 is 1.26 bits per heavy atom. The second-order valence-electron chi connectivity index (χ2n) is 3.98. The van der Waals surface area contributed by atoms with Crippen LogP contribution in [-0.4, -0.2) is 11.1 Å². The van der Waals surface area contributed by atoms with Crippen LogP contribution in [-0.2, 0) is 6.54 Å². The maximum atomic E-state index is 13.0. The minimum absolute atomic E-state index is 0.205. The van der Waals surface area contributed by atoms with Crippen LogP contribution in [0.15, 0.2) is 46.9 Å². The second-order valence-corrected chi connectivity index (χ2v) is 4.84. The highest BCUT2D eigenvalue weighted by molar-refractivity contribution is 9.10. The van der Waals surface area contributed by atoms with Crippen molar-refractivity contribution in [1.29, 1.82) is 0 Å². The van der Waals surface area contributed by atoms with E-state index in [0.29, 0.717) is 11.0 Å². The fraction of sp³-hybridized carbons (Fsp3) is 0.0714. The molecule has 3 nitrogen and oxygen atoms in total. The van der Waals surface area contributed by atoms with Gasteiger partial charge in [0.05, 0.1) is 5.56 Å². The van der Waals surface area contributed by atoms with Gasteiger partial charge in [-0.25, -0.2) is 9.18 Å². The van der Waals surface area contributed by atoms with E-state index in [1.54, 1.807) is 18.2 Å². The van der Waals surface area contributed by atoms with Gasteiger partial charge in [0, 0.05) is 16.7 Å². The first-order valence-electron chi connectivity index (χ1n) is 5.57. The van der Waals surface area contributed by atoms with E-state index in [9.17, 15) is 9.18 Å². The van der Waals surface area contributed by atoms with Crippen molar-refractivity contribution in [3.05, 3.63) is 63.9 Å². The van der Waals surface area contributed by atoms with E-state index < -0.39 is 5.97 Å². The molecule has 0 radical (unpaired) electrons. The zero-order valence-electron chi connectivity index (χ0n) is 9.86. The molecule has 0 spiro atoms. The van der Waals surface area contributed by atoms with Crippen LogP contribution >= 0.6 is 15.9 Å². The van der Waals surface area contributed by atoms with Crippen LogP contribution in [0.1, 0.15) is 15.9 Å². The smallest absolute Gasteiger partial charge is 0.336 e. The second kappa shape index (κ2) is 5.84. The molecule has 0 aliphatic heterocycles. The molecule has 19 heavy (non-hydrogen) atoms. The number of anilines is 1. The van der Waals surface area contributed by atoms with Gasteiger partial charge in [-0.3, -0.25) is 0 Å². The quantitative estimate of drug-likeness (QED) is 0.897. The fourth-order valence-electron chi connectivity index (χ4n) is 1.65. The standard InChI is InChI=1S/C14H11BrFNO2/c15-13-7-11(4-5-12(13)14(18)19)17-8-9-2-1-3-10(16)6-9/h1-7,17H,8H2,(H,18,19). The Labute approximate surface area is 118 Å². The summed E-state index contributed by atoms with van der Waals surface area (Å²) >= 11 is 3.20. The van der Waals surface area contributed by atoms with Crippen molar-refractivity contribution in [2.24, 2.45) is 0 Å². The summed E-state index contributed by atoms with van der Waals surface area (Å²) in [4.78, 5) is 10.9. The van der Waals surface area contributed by atoms with E-state index >= 15 is 0 Å². The molecule has 98 valence electrons. The lowest BCUT2D eigenvalue weighted by molar-refractivity contribution is 0.0696. The lowest BCUT2D eigenvalue weighted by atomic mass is 10.2. The van der Waals surface area contributed by atoms with Crippen LogP contribution in [0.2, 0.25) is 0 Å². The number of carbonyl (C=O) groups is 1. The summed E-state index contributed by atoms with van der Waals surface area (Å²) in [5.74, 6) is -1.26. The Morgan fingerprint density at radius 2 is 2.05 bits per heavy atom. The zero-order valence-corrected chi connectivity index (χ0v) is 11.4. The van der Waals surface area contributed by atoms with Crippen LogP contribution in [0.25, 0.3) is 0 Å². The van der Waals surface area contributed by atoms with Gasteiger partial charge in [-0.1, -0.05) is 12.1 Å². The summed E-state index contributed by atoms with van der Waals surface area (Å²) in [6, 6.07) is 11.2. The molecule has 0 aromatic heterocycles. The number of benzene rings is 2. The van der Waals surface area contributed by atoms with Crippen molar-refractivity contribution in [1.82, 2.24) is 0 Å². The number of hydrogen-bond donors (Lipinski definition) is 2. The Balaban J connectivity index is 2.08. The number of aromatic carboxylic acids is 1. The number of carboxylic acid groups (broad SMARTS) is 1. The largest absolute Gasteiger partial charge is 0.478 e. The zero-order chi connectivity index (χ0) is 13.8. The first-order valence-corrected chi connectivity index (χ1v) is 6.37. The molecule has 0 aliphatic carbocycles. The fourth-order valence-corrected chi connectivity index (χ4v) is 2.20. The molecule has 0 aliphatic rings. The van der Waals surface area contributed by atoms with Gasteiger partial charge in [-0.05, 0) is 51.8 Å². The van der Waals surface area contributed by atoms with Gasteiger partial charge in [0.15, 0.2) is 0 Å². The SMILES string of the molecule is O=C(O)c1ccc(NCc2cccc(F)c2)cc1Br. The molecule has 2 aromatic carbocycles. The third kappa shape index (κ3) is 3.54. The molecule has 0 heterocycles. The van der Waals surface area contributed by atoms with Gasteiger partial charge >= 0.3 is 5.97 Å². The van der Waals surface area contributed by atoms with Crippen LogP contribution in [0.3, 0.4) is 0 Å². The monoisotopic (exact) mass is 323 g/mol. The first kappa shape index (κ1) is 13.5. The first-order chi connectivity index (χ1) is 9.06. The van der Waals surface area contributed by atoms with Gasteiger partial charge in [-0.2, -0.15) is 0 Å². The summed E-state index contributed by atoms with van der Waals surface area (Å²) in [5.41, 5.74) is 1.79. The Morgan fingerprint density at radius 3 is 2.68 bits per heavy atom. The lowest BCUT2D eigenvalue weighted by Gasteiger charge is -2.08. The third-order valence-electron chi connectivity index (χ3n) is 2.59. The summed E-state index contributed by atoms with van der Waals surface area (Å²) in [6.45, 7) is 0.469. The molecule has 5 heteroatoms. The van der Waals surface area contributed by atoms with Crippen molar-refractivity contribution < 1.29 is 14.3 Å². The van der Waals surface area contributed by atoms with E-state index in [0.717, 1.165) is 11.3 Å². The van der Waals surface area contributed by atoms with Gasteiger partial charge in [0.2, 0.25) is 0 Å². The minimum atomic E-state index is -0.983. The molecular formula is C14H11BrFNO2. The molecule has 0 amide bonds. The molecule has 2 rings (SSSR count). The maximum Gasteiger partial charge on any atom is 0.336 e. The number of halogens is 2. The molecule has 0 bridgehead atoms. The van der Waals surface area contributed by atoms with E-state index in [2.05, 4.69) is 21.2 Å². The van der Waals surface area contributed by atoms with E-state index in [1.165, 1.54) is 18.2 Å². The normalized spacial score (nSPS) is 10.2. The van der Waals surface area contributed by atoms with Crippen molar-refractivity contribution in [3.63, 3.8) is 0 Å². The van der Waals surface area contributed by atoms with Crippen LogP contribution in [0.4, 0.5) is 10.1 Å². The lowest BCUT2D eigenvalue weighted by Crippen LogP contribution is -2.02. The average Bonchev–Trinajstić information content (AvgIpc) is 2.36. The van der Waals surface area contributed by atoms with Crippen LogP contribution in [0.5, 0.6) is 0 Å². The van der Waals surface area contributed by atoms with Gasteiger partial charge in [-0.15, -0.1) is 0 Å². The van der Waals surface area contributed by atoms with E-state index in [1.807, 2.05) is 6.07 Å². The van der Waals surface area contributed by atoms with Crippen molar-refractivity contribution in [2.75, 3.05) is 5.32 Å². The van der Waals surface area contributed by atoms with Crippen LogP contribution < -0.4 is 5.32 Å². The van der Waals surface area contributed by atoms with Crippen molar-refractivity contribution in [2.45, 2.75) is 6.54 Å². The molecule has 0 saturated carbocycles. The molecule has 2 N–H and O–H groups in total. The molecule has 0 saturated heterocycles. The Kier molecular flexibility index (Phi) is 4.16. The highest BCUT2D eigenvalue weighted by atomic mass is 79.9. The predicted molar refractivity (Wildman–Crippen MR) is 74.8 cm³/mol. The van der Waals surface area contributed by atoms with E-state index in [-0.39, 0.29) is 11.4 Å². The predicted octanol–water partition coefficient (Wildman–Crippen LogP) is 3.90. The molecule has 0 atom stereocenters. The van der Waals surface area contributed by atoms with E-state index in [4.69, 9.17) is 5.11 Å². The highest BCUT2D eigenvalue weighted by Gasteiger charge is 2.08. The summed E-state index contributed by atoms with van der Waals surface area (Å²) in [6.07, 6.45) is 0. The van der Waals surface area contributed by atoms with Gasteiger partial charge in [0.25, 0.3) is 0 Å². The summed E-state index contributed by atoms with van der Waals surface area (Å²) in [7, 11) is 0. The highest BCUT2D eigenvalue weighted by Crippen LogP contribution is 2.22. The third-order valence-corrected chi connectivity index (χ3v) is 3.24. The van der Waals surface area contributed by atoms with Crippen molar-refractivity contribution in [3.8, 4) is 0 Å². The minimum Gasteiger partial charge on any atom is -0.478 e. The molecule has 0 unspecified atom stereocenters. The molecule has 2 aromatic rings. The molecule has 0 fully saturated rings. The average molecular weight is 324 g/mol.